The van der Waals surface area contributed by atoms with Crippen molar-refractivity contribution in [2.75, 3.05) is 0 Å². The standard InChI is InChI=1S/C16H20ClNO2/c17-11-3-1-10(2-4-11)14-9-15(14)16(20)18-12-5-7-13(19)8-6-12/h1-4,12-15,19H,5-9H2,(H,18,20). The molecule has 1 aromatic carbocycles. The molecule has 2 unspecified atom stereocenters. The Balaban J connectivity index is 1.51. The molecule has 0 bridgehead atoms. The molecule has 1 aromatic rings. The number of carbonyl (C=O) groups excluding carboxylic acids is 1. The fourth-order valence-corrected chi connectivity index (χ4v) is 3.22. The van der Waals surface area contributed by atoms with Gasteiger partial charge in [0.25, 0.3) is 0 Å². The van der Waals surface area contributed by atoms with E-state index in [0.717, 1.165) is 37.1 Å². The molecule has 0 aromatic heterocycles. The van der Waals surface area contributed by atoms with Crippen LogP contribution in [-0.4, -0.2) is 23.2 Å². The van der Waals surface area contributed by atoms with E-state index in [-0.39, 0.29) is 24.0 Å². The molecule has 0 spiro atoms. The molecule has 1 amide bonds. The molecule has 2 atom stereocenters. The summed E-state index contributed by atoms with van der Waals surface area (Å²) in [5, 5.41) is 13.3. The highest BCUT2D eigenvalue weighted by atomic mass is 35.5. The molecule has 0 saturated heterocycles. The lowest BCUT2D eigenvalue weighted by Gasteiger charge is -2.26. The zero-order chi connectivity index (χ0) is 14.1. The maximum Gasteiger partial charge on any atom is 0.223 e. The van der Waals surface area contributed by atoms with Gasteiger partial charge in [-0.1, -0.05) is 23.7 Å². The number of benzene rings is 1. The summed E-state index contributed by atoms with van der Waals surface area (Å²) in [6.45, 7) is 0. The maximum atomic E-state index is 12.2. The van der Waals surface area contributed by atoms with Crippen molar-refractivity contribution in [2.45, 2.75) is 50.2 Å². The smallest absolute Gasteiger partial charge is 0.223 e. The molecule has 3 nitrogen and oxygen atoms in total. The zero-order valence-electron chi connectivity index (χ0n) is 11.4. The van der Waals surface area contributed by atoms with Crippen LogP contribution < -0.4 is 5.32 Å². The lowest BCUT2D eigenvalue weighted by molar-refractivity contribution is -0.123. The van der Waals surface area contributed by atoms with Gasteiger partial charge in [0.1, 0.15) is 0 Å². The second-order valence-electron chi connectivity index (χ2n) is 6.01. The molecule has 108 valence electrons. The number of aliphatic hydroxyl groups excluding tert-OH is 1. The van der Waals surface area contributed by atoms with E-state index in [4.69, 9.17) is 11.6 Å². The first-order chi connectivity index (χ1) is 9.63. The summed E-state index contributed by atoms with van der Waals surface area (Å²) in [5.41, 5.74) is 1.20. The average Bonchev–Trinajstić information content (AvgIpc) is 3.23. The number of halogens is 1. The van der Waals surface area contributed by atoms with Crippen LogP contribution in [0.5, 0.6) is 0 Å². The summed E-state index contributed by atoms with van der Waals surface area (Å²) in [6, 6.07) is 8.03. The normalized spacial score (nSPS) is 32.7. The van der Waals surface area contributed by atoms with Crippen molar-refractivity contribution >= 4 is 17.5 Å². The third-order valence-corrected chi connectivity index (χ3v) is 4.72. The Morgan fingerprint density at radius 3 is 2.45 bits per heavy atom. The molecule has 2 fully saturated rings. The Kier molecular flexibility index (Phi) is 3.99. The summed E-state index contributed by atoms with van der Waals surface area (Å²) in [4.78, 5) is 12.2. The summed E-state index contributed by atoms with van der Waals surface area (Å²) < 4.78 is 0. The van der Waals surface area contributed by atoms with Gasteiger partial charge in [0.05, 0.1) is 6.10 Å². The quantitative estimate of drug-likeness (QED) is 0.900. The highest BCUT2D eigenvalue weighted by Crippen LogP contribution is 2.47. The van der Waals surface area contributed by atoms with Crippen LogP contribution in [0.2, 0.25) is 5.02 Å². The van der Waals surface area contributed by atoms with Gasteiger partial charge in [0.2, 0.25) is 5.91 Å². The lowest BCUT2D eigenvalue weighted by Crippen LogP contribution is -2.39. The van der Waals surface area contributed by atoms with Crippen LogP contribution in [0.3, 0.4) is 0 Å². The number of amides is 1. The Labute approximate surface area is 124 Å². The fourth-order valence-electron chi connectivity index (χ4n) is 3.09. The molecule has 0 aliphatic heterocycles. The average molecular weight is 294 g/mol. The van der Waals surface area contributed by atoms with Gasteiger partial charge in [-0.05, 0) is 55.7 Å². The largest absolute Gasteiger partial charge is 0.393 e. The first kappa shape index (κ1) is 13.9. The van der Waals surface area contributed by atoms with E-state index in [1.807, 2.05) is 24.3 Å². The molecule has 0 heterocycles. The van der Waals surface area contributed by atoms with Crippen molar-refractivity contribution in [3.63, 3.8) is 0 Å². The topological polar surface area (TPSA) is 49.3 Å². The molecule has 4 heteroatoms. The number of nitrogens with one attached hydrogen (secondary N) is 1. The van der Waals surface area contributed by atoms with Crippen molar-refractivity contribution in [3.05, 3.63) is 34.9 Å². The predicted molar refractivity (Wildman–Crippen MR) is 78.7 cm³/mol. The Bertz CT molecular complexity index is 480. The lowest BCUT2D eigenvalue weighted by atomic mass is 9.93. The second kappa shape index (κ2) is 5.74. The number of hydrogen-bond acceptors (Lipinski definition) is 2. The Morgan fingerprint density at radius 2 is 1.80 bits per heavy atom. The Morgan fingerprint density at radius 1 is 1.15 bits per heavy atom. The molecular weight excluding hydrogens is 274 g/mol. The molecule has 2 aliphatic rings. The number of hydrogen-bond donors (Lipinski definition) is 2. The molecule has 2 N–H and O–H groups in total. The van der Waals surface area contributed by atoms with Crippen LogP contribution in [0.4, 0.5) is 0 Å². The van der Waals surface area contributed by atoms with Crippen LogP contribution in [0.15, 0.2) is 24.3 Å². The molecule has 0 radical (unpaired) electrons. The first-order valence-corrected chi connectivity index (χ1v) is 7.75. The zero-order valence-corrected chi connectivity index (χ0v) is 12.1. The van der Waals surface area contributed by atoms with Gasteiger partial charge in [0, 0.05) is 17.0 Å². The van der Waals surface area contributed by atoms with E-state index in [1.165, 1.54) is 5.56 Å². The predicted octanol–water partition coefficient (Wildman–Crippen LogP) is 2.86. The molecule has 3 rings (SSSR count). The fraction of sp³-hybridized carbons (Fsp3) is 0.562. The maximum absolute atomic E-state index is 12.2. The molecule has 20 heavy (non-hydrogen) atoms. The van der Waals surface area contributed by atoms with Crippen LogP contribution in [-0.2, 0) is 4.79 Å². The van der Waals surface area contributed by atoms with Crippen LogP contribution >= 0.6 is 11.6 Å². The van der Waals surface area contributed by atoms with E-state index in [2.05, 4.69) is 5.32 Å². The van der Waals surface area contributed by atoms with Gasteiger partial charge < -0.3 is 10.4 Å². The van der Waals surface area contributed by atoms with E-state index < -0.39 is 0 Å². The van der Waals surface area contributed by atoms with Gasteiger partial charge in [-0.15, -0.1) is 0 Å². The minimum atomic E-state index is -0.175. The highest BCUT2D eigenvalue weighted by Gasteiger charge is 2.44. The summed E-state index contributed by atoms with van der Waals surface area (Å²) >= 11 is 5.88. The van der Waals surface area contributed by atoms with Gasteiger partial charge in [-0.2, -0.15) is 0 Å². The summed E-state index contributed by atoms with van der Waals surface area (Å²) in [7, 11) is 0. The third kappa shape index (κ3) is 3.15. The Hall–Kier alpha value is -1.06. The second-order valence-corrected chi connectivity index (χ2v) is 6.45. The van der Waals surface area contributed by atoms with E-state index in [1.54, 1.807) is 0 Å². The molecule has 2 saturated carbocycles. The van der Waals surface area contributed by atoms with Crippen LogP contribution in [0, 0.1) is 5.92 Å². The molecule has 2 aliphatic carbocycles. The van der Waals surface area contributed by atoms with E-state index >= 15 is 0 Å². The van der Waals surface area contributed by atoms with E-state index in [9.17, 15) is 9.90 Å². The minimum Gasteiger partial charge on any atom is -0.393 e. The minimum absolute atomic E-state index is 0.114. The monoisotopic (exact) mass is 293 g/mol. The van der Waals surface area contributed by atoms with Crippen LogP contribution in [0.25, 0.3) is 0 Å². The summed E-state index contributed by atoms with van der Waals surface area (Å²) in [5.74, 6) is 0.635. The van der Waals surface area contributed by atoms with Crippen LogP contribution in [0.1, 0.15) is 43.6 Å². The van der Waals surface area contributed by atoms with Crippen molar-refractivity contribution in [1.29, 1.82) is 0 Å². The van der Waals surface area contributed by atoms with Crippen molar-refractivity contribution < 1.29 is 9.90 Å². The molecular formula is C16H20ClNO2. The third-order valence-electron chi connectivity index (χ3n) is 4.47. The van der Waals surface area contributed by atoms with E-state index in [0.29, 0.717) is 5.92 Å². The summed E-state index contributed by atoms with van der Waals surface area (Å²) in [6.07, 6.45) is 4.15. The number of carbonyl (C=O) groups is 1. The van der Waals surface area contributed by atoms with Crippen molar-refractivity contribution in [2.24, 2.45) is 5.92 Å². The first-order valence-electron chi connectivity index (χ1n) is 7.37. The number of aliphatic hydroxyl groups is 1. The van der Waals surface area contributed by atoms with Crippen molar-refractivity contribution in [1.82, 2.24) is 5.32 Å². The SMILES string of the molecule is O=C(NC1CCC(O)CC1)C1CC1c1ccc(Cl)cc1. The van der Waals surface area contributed by atoms with Gasteiger partial charge in [-0.25, -0.2) is 0 Å². The van der Waals surface area contributed by atoms with Gasteiger partial charge in [0.15, 0.2) is 0 Å². The number of rotatable bonds is 3. The van der Waals surface area contributed by atoms with Crippen molar-refractivity contribution in [3.8, 4) is 0 Å². The highest BCUT2D eigenvalue weighted by molar-refractivity contribution is 6.30. The van der Waals surface area contributed by atoms with Gasteiger partial charge in [-0.3, -0.25) is 4.79 Å². The van der Waals surface area contributed by atoms with Gasteiger partial charge >= 0.3 is 0 Å².